The van der Waals surface area contributed by atoms with Gasteiger partial charge in [0.15, 0.2) is 0 Å². The molecular weight excluding hydrogens is 407 g/mol. The Morgan fingerprint density at radius 1 is 1.19 bits per heavy atom. The van der Waals surface area contributed by atoms with E-state index in [1.54, 1.807) is 24.4 Å². The van der Waals surface area contributed by atoms with Gasteiger partial charge in [-0.2, -0.15) is 0 Å². The summed E-state index contributed by atoms with van der Waals surface area (Å²) in [6, 6.07) is 13.1. The Bertz CT molecular complexity index is 1010. The first-order valence-corrected chi connectivity index (χ1v) is 9.24. The van der Waals surface area contributed by atoms with Crippen molar-refractivity contribution in [3.8, 4) is 0 Å². The molecule has 1 atom stereocenters. The van der Waals surface area contributed by atoms with Crippen LogP contribution in [0.4, 0.5) is 0 Å². The second-order valence-electron chi connectivity index (χ2n) is 6.37. The maximum absolute atomic E-state index is 12.4. The summed E-state index contributed by atoms with van der Waals surface area (Å²) in [5, 5.41) is 4.69. The Kier molecular flexibility index (Phi) is 6.40. The molecule has 1 saturated heterocycles. The van der Waals surface area contributed by atoms with Crippen LogP contribution in [0.15, 0.2) is 53.5 Å². The monoisotopic (exact) mass is 424 g/mol. The average Bonchev–Trinajstić information content (AvgIpc) is 2.64. The van der Waals surface area contributed by atoms with Crippen LogP contribution in [0.3, 0.4) is 0 Å². The van der Waals surface area contributed by atoms with Gasteiger partial charge in [-0.1, -0.05) is 41.4 Å². The fourth-order valence-corrected chi connectivity index (χ4v) is 3.83. The summed E-state index contributed by atoms with van der Waals surface area (Å²) in [6.45, 7) is 3.15. The normalized spacial score (nSPS) is 17.6. The van der Waals surface area contributed by atoms with E-state index in [1.165, 1.54) is 4.40 Å². The molecule has 8 heteroatoms. The Labute approximate surface area is 173 Å². The van der Waals surface area contributed by atoms with Crippen LogP contribution < -0.4 is 10.9 Å². The Balaban J connectivity index is 0.00000210. The van der Waals surface area contributed by atoms with Gasteiger partial charge in [-0.15, -0.1) is 12.4 Å². The van der Waals surface area contributed by atoms with Gasteiger partial charge in [-0.3, -0.25) is 14.1 Å². The first-order valence-electron chi connectivity index (χ1n) is 8.49. The lowest BCUT2D eigenvalue weighted by Crippen LogP contribution is -2.45. The largest absolute Gasteiger partial charge is 0.314 e. The molecule has 0 aliphatic carbocycles. The van der Waals surface area contributed by atoms with Crippen molar-refractivity contribution in [2.75, 3.05) is 19.6 Å². The molecule has 142 valence electrons. The summed E-state index contributed by atoms with van der Waals surface area (Å²) in [7, 11) is 0. The minimum Gasteiger partial charge on any atom is -0.314 e. The minimum atomic E-state index is -0.128. The standard InChI is InChI=1S/C19H18Cl2N4O.ClH/c20-13-5-6-18-23-14(9-19(26)25(18)11-13)12-24-8-7-22-10-17(24)15-3-1-2-4-16(15)21;/h1-6,9,11,17,22H,7-8,10,12H2;1H. The van der Waals surface area contributed by atoms with E-state index in [2.05, 4.69) is 21.3 Å². The molecule has 1 unspecified atom stereocenters. The van der Waals surface area contributed by atoms with Crippen molar-refractivity contribution in [2.24, 2.45) is 0 Å². The Hall–Kier alpha value is -1.63. The lowest BCUT2D eigenvalue weighted by molar-refractivity contribution is 0.152. The number of halogens is 3. The molecule has 0 radical (unpaired) electrons. The van der Waals surface area contributed by atoms with Crippen LogP contribution >= 0.6 is 35.6 Å². The molecular formula is C19H19Cl3N4O. The van der Waals surface area contributed by atoms with Crippen LogP contribution in [0.25, 0.3) is 5.65 Å². The topological polar surface area (TPSA) is 49.6 Å². The SMILES string of the molecule is Cl.O=c1cc(CN2CCNCC2c2ccccc2Cl)nc2ccc(Cl)cn12. The lowest BCUT2D eigenvalue weighted by Gasteiger charge is -2.36. The van der Waals surface area contributed by atoms with Gasteiger partial charge in [0, 0.05) is 49.5 Å². The molecule has 3 heterocycles. The Morgan fingerprint density at radius 3 is 2.81 bits per heavy atom. The van der Waals surface area contributed by atoms with E-state index < -0.39 is 0 Å². The molecule has 1 aliphatic rings. The molecule has 1 aromatic carbocycles. The minimum absolute atomic E-state index is 0. The molecule has 1 aliphatic heterocycles. The molecule has 1 fully saturated rings. The van der Waals surface area contributed by atoms with Gasteiger partial charge in [0.25, 0.3) is 5.56 Å². The number of hydrogen-bond acceptors (Lipinski definition) is 4. The van der Waals surface area contributed by atoms with Gasteiger partial charge in [0.2, 0.25) is 0 Å². The predicted octanol–water partition coefficient (Wildman–Crippen LogP) is 3.57. The zero-order valence-electron chi connectivity index (χ0n) is 14.4. The van der Waals surface area contributed by atoms with Crippen LogP contribution in [-0.4, -0.2) is 33.9 Å². The second-order valence-corrected chi connectivity index (χ2v) is 7.22. The van der Waals surface area contributed by atoms with Crippen LogP contribution in [0.5, 0.6) is 0 Å². The van der Waals surface area contributed by atoms with Crippen molar-refractivity contribution >= 4 is 41.3 Å². The zero-order chi connectivity index (χ0) is 18.1. The number of piperazine rings is 1. The quantitative estimate of drug-likeness (QED) is 0.697. The smallest absolute Gasteiger partial charge is 0.258 e. The third-order valence-corrected chi connectivity index (χ3v) is 5.23. The van der Waals surface area contributed by atoms with Crippen LogP contribution in [0.1, 0.15) is 17.3 Å². The summed E-state index contributed by atoms with van der Waals surface area (Å²) in [6.07, 6.45) is 1.59. The zero-order valence-corrected chi connectivity index (χ0v) is 16.8. The fourth-order valence-electron chi connectivity index (χ4n) is 3.40. The fraction of sp³-hybridized carbons (Fsp3) is 0.263. The van der Waals surface area contributed by atoms with Crippen LogP contribution in [-0.2, 0) is 6.54 Å². The second kappa shape index (κ2) is 8.59. The number of aromatic nitrogens is 2. The van der Waals surface area contributed by atoms with E-state index in [0.29, 0.717) is 17.2 Å². The maximum atomic E-state index is 12.4. The summed E-state index contributed by atoms with van der Waals surface area (Å²) in [5.74, 6) is 0. The van der Waals surface area contributed by atoms with E-state index >= 15 is 0 Å². The van der Waals surface area contributed by atoms with Crippen molar-refractivity contribution in [3.05, 3.63) is 80.3 Å². The molecule has 0 saturated carbocycles. The van der Waals surface area contributed by atoms with Crippen molar-refractivity contribution in [2.45, 2.75) is 12.6 Å². The van der Waals surface area contributed by atoms with Crippen LogP contribution in [0, 0.1) is 0 Å². The number of benzene rings is 1. The molecule has 0 bridgehead atoms. The molecule has 0 amide bonds. The number of nitrogens with zero attached hydrogens (tertiary/aromatic N) is 3. The van der Waals surface area contributed by atoms with E-state index in [0.717, 1.165) is 35.9 Å². The predicted molar refractivity (Wildman–Crippen MR) is 111 cm³/mol. The maximum Gasteiger partial charge on any atom is 0.258 e. The van der Waals surface area contributed by atoms with Gasteiger partial charge >= 0.3 is 0 Å². The van der Waals surface area contributed by atoms with Gasteiger partial charge in [0.1, 0.15) is 5.65 Å². The molecule has 27 heavy (non-hydrogen) atoms. The highest BCUT2D eigenvalue weighted by molar-refractivity contribution is 6.31. The first-order chi connectivity index (χ1) is 12.6. The molecule has 4 rings (SSSR count). The number of nitrogens with one attached hydrogen (secondary N) is 1. The molecule has 2 aromatic heterocycles. The number of fused-ring (bicyclic) bond motifs is 1. The van der Waals surface area contributed by atoms with E-state index in [1.807, 2.05) is 18.2 Å². The Morgan fingerprint density at radius 2 is 2.00 bits per heavy atom. The highest BCUT2D eigenvalue weighted by Crippen LogP contribution is 2.29. The third-order valence-electron chi connectivity index (χ3n) is 4.66. The third kappa shape index (κ3) is 4.28. The van der Waals surface area contributed by atoms with Gasteiger partial charge in [-0.05, 0) is 23.8 Å². The van der Waals surface area contributed by atoms with Crippen LogP contribution in [0.2, 0.25) is 10.0 Å². The summed E-state index contributed by atoms with van der Waals surface area (Å²) < 4.78 is 1.47. The van der Waals surface area contributed by atoms with Crippen molar-refractivity contribution in [1.82, 2.24) is 19.6 Å². The first kappa shape index (κ1) is 20.1. The van der Waals surface area contributed by atoms with E-state index in [-0.39, 0.29) is 24.0 Å². The number of hydrogen-bond donors (Lipinski definition) is 1. The van der Waals surface area contributed by atoms with Gasteiger partial charge < -0.3 is 5.32 Å². The summed E-state index contributed by atoms with van der Waals surface area (Å²) in [5.41, 5.74) is 2.31. The highest BCUT2D eigenvalue weighted by atomic mass is 35.5. The summed E-state index contributed by atoms with van der Waals surface area (Å²) in [4.78, 5) is 19.4. The van der Waals surface area contributed by atoms with Gasteiger partial charge in [0.05, 0.1) is 10.7 Å². The van der Waals surface area contributed by atoms with E-state index in [9.17, 15) is 4.79 Å². The number of pyridine rings is 1. The molecule has 0 spiro atoms. The molecule has 5 nitrogen and oxygen atoms in total. The lowest BCUT2D eigenvalue weighted by atomic mass is 10.0. The van der Waals surface area contributed by atoms with Crippen molar-refractivity contribution < 1.29 is 0 Å². The highest BCUT2D eigenvalue weighted by Gasteiger charge is 2.25. The average molecular weight is 426 g/mol. The van der Waals surface area contributed by atoms with Crippen molar-refractivity contribution in [3.63, 3.8) is 0 Å². The molecule has 3 aromatic rings. The number of rotatable bonds is 3. The van der Waals surface area contributed by atoms with E-state index in [4.69, 9.17) is 23.2 Å². The van der Waals surface area contributed by atoms with Crippen molar-refractivity contribution in [1.29, 1.82) is 0 Å². The molecule has 1 N–H and O–H groups in total. The summed E-state index contributed by atoms with van der Waals surface area (Å²) >= 11 is 12.4. The van der Waals surface area contributed by atoms with Gasteiger partial charge in [-0.25, -0.2) is 4.98 Å².